The van der Waals surface area contributed by atoms with Crippen LogP contribution in [0.4, 0.5) is 23.4 Å². The van der Waals surface area contributed by atoms with E-state index >= 15 is 0 Å². The Bertz CT molecular complexity index is 1340. The molecule has 0 spiro atoms. The van der Waals surface area contributed by atoms with E-state index in [2.05, 4.69) is 10.4 Å². The van der Waals surface area contributed by atoms with Gasteiger partial charge in [0.25, 0.3) is 5.91 Å². The van der Waals surface area contributed by atoms with Gasteiger partial charge in [0.05, 0.1) is 6.54 Å². The number of amides is 1. The number of rotatable bonds is 7. The number of carbonyl (C=O) groups is 1. The van der Waals surface area contributed by atoms with Gasteiger partial charge < -0.3 is 14.5 Å². The second kappa shape index (κ2) is 9.60. The third-order valence-corrected chi connectivity index (χ3v) is 5.19. The summed E-state index contributed by atoms with van der Waals surface area (Å²) < 4.78 is 65.8. The highest BCUT2D eigenvalue weighted by atomic mass is 35.5. The molecule has 0 atom stereocenters. The first-order valence-corrected chi connectivity index (χ1v) is 10.2. The minimum absolute atomic E-state index is 0.00551. The number of carbonyl (C=O) groups excluding carboxylic acids is 1. The number of hydrogen-bond donors (Lipinski definition) is 1. The zero-order valence-corrected chi connectivity index (χ0v) is 18.3. The van der Waals surface area contributed by atoms with Crippen molar-refractivity contribution in [2.24, 2.45) is 0 Å². The van der Waals surface area contributed by atoms with Gasteiger partial charge in [0, 0.05) is 22.8 Å². The molecule has 1 N–H and O–H groups in total. The van der Waals surface area contributed by atoms with Crippen molar-refractivity contribution in [3.8, 4) is 5.75 Å². The van der Waals surface area contributed by atoms with Crippen molar-refractivity contribution in [2.45, 2.75) is 20.1 Å². The van der Waals surface area contributed by atoms with Crippen LogP contribution in [-0.2, 0) is 13.2 Å². The largest absolute Gasteiger partial charge is 0.479 e. The Kier molecular flexibility index (Phi) is 6.60. The van der Waals surface area contributed by atoms with Gasteiger partial charge in [-0.2, -0.15) is 13.9 Å². The first-order chi connectivity index (χ1) is 16.2. The van der Waals surface area contributed by atoms with Crippen molar-refractivity contribution in [1.82, 2.24) is 9.78 Å². The van der Waals surface area contributed by atoms with Gasteiger partial charge >= 0.3 is 0 Å². The fourth-order valence-corrected chi connectivity index (χ4v) is 3.29. The molecule has 0 aliphatic rings. The number of nitrogens with zero attached hydrogens (tertiary/aromatic N) is 2. The van der Waals surface area contributed by atoms with Crippen LogP contribution in [0.2, 0.25) is 5.02 Å². The summed E-state index contributed by atoms with van der Waals surface area (Å²) in [6, 6.07) is 11.7. The molecule has 0 radical (unpaired) electrons. The van der Waals surface area contributed by atoms with E-state index in [1.54, 1.807) is 16.8 Å². The lowest BCUT2D eigenvalue weighted by atomic mass is 10.2. The van der Waals surface area contributed by atoms with Crippen molar-refractivity contribution in [2.75, 3.05) is 5.32 Å². The van der Waals surface area contributed by atoms with Crippen molar-refractivity contribution in [1.29, 1.82) is 0 Å². The van der Waals surface area contributed by atoms with Crippen LogP contribution in [0.3, 0.4) is 0 Å². The number of anilines is 1. The molecule has 2 aromatic carbocycles. The van der Waals surface area contributed by atoms with E-state index in [9.17, 15) is 22.4 Å². The number of nitrogens with one attached hydrogen (secondary N) is 1. The van der Waals surface area contributed by atoms with E-state index < -0.39 is 41.5 Å². The van der Waals surface area contributed by atoms with Crippen molar-refractivity contribution in [3.05, 3.63) is 99.6 Å². The Morgan fingerprint density at radius 2 is 1.79 bits per heavy atom. The summed E-state index contributed by atoms with van der Waals surface area (Å²) >= 11 is 6.19. The van der Waals surface area contributed by atoms with Crippen LogP contribution in [0.15, 0.2) is 52.9 Å². The maximum Gasteiger partial charge on any atom is 0.292 e. The van der Waals surface area contributed by atoms with Crippen LogP contribution in [0.1, 0.15) is 27.6 Å². The number of benzene rings is 2. The minimum atomic E-state index is -1.67. The third kappa shape index (κ3) is 4.91. The number of aryl methyl sites for hydroxylation is 1. The molecule has 4 rings (SSSR count). The number of halogens is 5. The molecule has 0 saturated heterocycles. The molecular formula is C23H16ClF4N3O3. The fourth-order valence-electron chi connectivity index (χ4n) is 3.10. The molecule has 11 heteroatoms. The summed E-state index contributed by atoms with van der Waals surface area (Å²) in [6.07, 6.45) is 0. The van der Waals surface area contributed by atoms with Crippen LogP contribution in [-0.4, -0.2) is 15.7 Å². The fraction of sp³-hybridized carbons (Fsp3) is 0.130. The zero-order chi connectivity index (χ0) is 24.4. The first kappa shape index (κ1) is 23.4. The highest BCUT2D eigenvalue weighted by molar-refractivity contribution is 6.31. The maximum atomic E-state index is 13.7. The van der Waals surface area contributed by atoms with Crippen LogP contribution in [0, 0.1) is 30.2 Å². The van der Waals surface area contributed by atoms with Crippen molar-refractivity contribution < 1.29 is 31.5 Å². The van der Waals surface area contributed by atoms with Gasteiger partial charge in [0.1, 0.15) is 12.4 Å². The molecule has 2 heterocycles. The summed E-state index contributed by atoms with van der Waals surface area (Å²) in [5, 5.41) is 7.51. The van der Waals surface area contributed by atoms with Gasteiger partial charge in [-0.1, -0.05) is 29.8 Å². The summed E-state index contributed by atoms with van der Waals surface area (Å²) in [4.78, 5) is 12.5. The molecule has 0 aliphatic heterocycles. The van der Waals surface area contributed by atoms with Crippen molar-refractivity contribution in [3.63, 3.8) is 0 Å². The summed E-state index contributed by atoms with van der Waals surface area (Å²) in [5.74, 6) is -8.28. The molecule has 176 valence electrons. The summed E-state index contributed by atoms with van der Waals surface area (Å²) in [7, 11) is 0. The van der Waals surface area contributed by atoms with Crippen LogP contribution in [0.5, 0.6) is 5.75 Å². The highest BCUT2D eigenvalue weighted by Gasteiger charge is 2.21. The Hall–Kier alpha value is -3.79. The van der Waals surface area contributed by atoms with Gasteiger partial charge in [0.15, 0.2) is 29.0 Å². The number of hydrogen-bond acceptors (Lipinski definition) is 4. The molecule has 0 fully saturated rings. The second-order valence-electron chi connectivity index (χ2n) is 7.23. The quantitative estimate of drug-likeness (QED) is 0.258. The molecule has 0 saturated carbocycles. The topological polar surface area (TPSA) is 69.3 Å². The monoisotopic (exact) mass is 493 g/mol. The lowest BCUT2D eigenvalue weighted by molar-refractivity contribution is 0.0991. The average Bonchev–Trinajstić information content (AvgIpc) is 3.40. The third-order valence-electron chi connectivity index (χ3n) is 4.82. The molecule has 0 bridgehead atoms. The van der Waals surface area contributed by atoms with E-state index in [0.29, 0.717) is 11.6 Å². The van der Waals surface area contributed by atoms with Crippen LogP contribution < -0.4 is 10.1 Å². The van der Waals surface area contributed by atoms with E-state index in [0.717, 1.165) is 11.3 Å². The number of aromatic nitrogens is 2. The Labute approximate surface area is 195 Å². The molecule has 1 amide bonds. The van der Waals surface area contributed by atoms with Gasteiger partial charge in [-0.25, -0.2) is 8.78 Å². The van der Waals surface area contributed by atoms with Crippen LogP contribution in [0.25, 0.3) is 0 Å². The van der Waals surface area contributed by atoms with E-state index in [1.807, 2.05) is 25.1 Å². The SMILES string of the molecule is Cc1cc(NC(=O)c2ccc(COc3c(F)c(F)cc(F)c3F)o2)nn1Cc1ccccc1Cl. The lowest BCUT2D eigenvalue weighted by Gasteiger charge is -2.08. The Morgan fingerprint density at radius 3 is 2.50 bits per heavy atom. The average molecular weight is 494 g/mol. The van der Waals surface area contributed by atoms with Crippen LogP contribution >= 0.6 is 11.6 Å². The zero-order valence-electron chi connectivity index (χ0n) is 17.5. The molecule has 2 aromatic heterocycles. The molecule has 0 aliphatic carbocycles. The molecule has 6 nitrogen and oxygen atoms in total. The minimum Gasteiger partial charge on any atom is -0.479 e. The standard InChI is InChI=1S/C23H16ClF4N3O3/c1-12-8-19(30-31(12)10-13-4-2-3-5-15(13)24)29-23(32)18-7-6-14(34-18)11-33-22-20(27)16(25)9-17(26)21(22)28/h2-9H,10-11H2,1H3,(H,29,30,32). The number of ether oxygens (including phenoxy) is 1. The van der Waals surface area contributed by atoms with E-state index in [4.69, 9.17) is 20.8 Å². The maximum absolute atomic E-state index is 13.7. The summed E-state index contributed by atoms with van der Waals surface area (Å²) in [5.41, 5.74) is 1.63. The smallest absolute Gasteiger partial charge is 0.292 e. The first-order valence-electron chi connectivity index (χ1n) is 9.86. The van der Waals surface area contributed by atoms with Gasteiger partial charge in [-0.15, -0.1) is 0 Å². The molecular weight excluding hydrogens is 478 g/mol. The predicted molar refractivity (Wildman–Crippen MR) is 115 cm³/mol. The lowest BCUT2D eigenvalue weighted by Crippen LogP contribution is -2.12. The van der Waals surface area contributed by atoms with Gasteiger partial charge in [0.2, 0.25) is 11.6 Å². The second-order valence-corrected chi connectivity index (χ2v) is 7.63. The van der Waals surface area contributed by atoms with Gasteiger partial charge in [-0.3, -0.25) is 9.48 Å². The van der Waals surface area contributed by atoms with E-state index in [-0.39, 0.29) is 23.4 Å². The van der Waals surface area contributed by atoms with Gasteiger partial charge in [-0.05, 0) is 30.7 Å². The Balaban J connectivity index is 1.41. The summed E-state index contributed by atoms with van der Waals surface area (Å²) in [6.45, 7) is 1.64. The normalized spacial score (nSPS) is 11.0. The predicted octanol–water partition coefficient (Wildman–Crippen LogP) is 5.87. The molecule has 0 unspecified atom stereocenters. The molecule has 4 aromatic rings. The van der Waals surface area contributed by atoms with Crippen molar-refractivity contribution >= 4 is 23.3 Å². The molecule has 34 heavy (non-hydrogen) atoms. The number of furan rings is 1. The highest BCUT2D eigenvalue weighted by Crippen LogP contribution is 2.27. The Morgan fingerprint density at radius 1 is 1.09 bits per heavy atom. The van der Waals surface area contributed by atoms with E-state index in [1.165, 1.54) is 12.1 Å².